The van der Waals surface area contributed by atoms with Crippen LogP contribution in [-0.4, -0.2) is 33.9 Å². The van der Waals surface area contributed by atoms with E-state index in [1.165, 1.54) is 6.08 Å². The molecule has 9 heteroatoms. The van der Waals surface area contributed by atoms with Crippen LogP contribution < -0.4 is 11.4 Å². The lowest BCUT2D eigenvalue weighted by molar-refractivity contribution is -0.154. The van der Waals surface area contributed by atoms with Crippen LogP contribution >= 0.6 is 0 Å². The van der Waals surface area contributed by atoms with Gasteiger partial charge < -0.3 is 15.2 Å². The molecule has 1 aliphatic heterocycles. The van der Waals surface area contributed by atoms with Crippen LogP contribution in [0.1, 0.15) is 32.9 Å². The maximum Gasteiger partial charge on any atom is 0.351 e. The lowest BCUT2D eigenvalue weighted by Crippen LogP contribution is -2.35. The molecule has 0 amide bonds. The molecule has 3 unspecified atom stereocenters. The van der Waals surface area contributed by atoms with Crippen molar-refractivity contribution in [1.29, 1.82) is 0 Å². The molecule has 0 bridgehead atoms. The first-order chi connectivity index (χ1) is 11.7. The first-order valence-corrected chi connectivity index (χ1v) is 7.82. The average molecular weight is 357 g/mol. The molecular weight excluding hydrogens is 336 g/mol. The van der Waals surface area contributed by atoms with E-state index in [0.29, 0.717) is 4.57 Å². The van der Waals surface area contributed by atoms with Crippen molar-refractivity contribution in [2.75, 3.05) is 12.3 Å². The summed E-state index contributed by atoms with van der Waals surface area (Å²) in [6.45, 7) is 7.06. The van der Waals surface area contributed by atoms with E-state index in [0.717, 1.165) is 6.20 Å². The molecule has 3 atom stereocenters. The molecule has 1 saturated heterocycles. The van der Waals surface area contributed by atoms with Gasteiger partial charge in [-0.15, -0.1) is 6.58 Å². The van der Waals surface area contributed by atoms with Crippen LogP contribution in [-0.2, 0) is 14.3 Å². The Labute approximate surface area is 143 Å². The molecular formula is C16H21F2N3O4. The third-order valence-corrected chi connectivity index (χ3v) is 3.84. The zero-order valence-electron chi connectivity index (χ0n) is 14.1. The molecule has 0 spiro atoms. The van der Waals surface area contributed by atoms with E-state index in [4.69, 9.17) is 15.2 Å². The average Bonchev–Trinajstić information content (AvgIpc) is 2.86. The zero-order chi connectivity index (χ0) is 18.8. The third kappa shape index (κ3) is 4.22. The van der Waals surface area contributed by atoms with Crippen molar-refractivity contribution < 1.29 is 23.0 Å². The number of nitrogens with zero attached hydrogens (tertiary/aromatic N) is 2. The van der Waals surface area contributed by atoms with Crippen molar-refractivity contribution in [2.24, 2.45) is 5.92 Å². The Hall–Kier alpha value is -2.29. The molecule has 25 heavy (non-hydrogen) atoms. The van der Waals surface area contributed by atoms with Crippen molar-refractivity contribution in [3.8, 4) is 0 Å². The predicted octanol–water partition coefficient (Wildman–Crippen LogP) is 1.74. The monoisotopic (exact) mass is 357 g/mol. The van der Waals surface area contributed by atoms with E-state index in [1.807, 2.05) is 13.8 Å². The second-order valence-electron chi connectivity index (χ2n) is 6.42. The smallest absolute Gasteiger partial charge is 0.351 e. The number of ether oxygens (including phenoxy) is 2. The van der Waals surface area contributed by atoms with Gasteiger partial charge in [-0.25, -0.2) is 13.6 Å². The summed E-state index contributed by atoms with van der Waals surface area (Å²) < 4.78 is 39.4. The van der Waals surface area contributed by atoms with Gasteiger partial charge in [0.2, 0.25) is 0 Å². The molecule has 0 saturated carbocycles. The van der Waals surface area contributed by atoms with Crippen molar-refractivity contribution in [3.05, 3.63) is 35.2 Å². The highest BCUT2D eigenvalue weighted by atomic mass is 19.1. The summed E-state index contributed by atoms with van der Waals surface area (Å²) in [6, 6.07) is 0. The molecule has 0 aliphatic carbocycles. The standard InChI is InChI=1S/C16H21F2N3O4/c1-4-16(8-24-12(22)5-9(2)3)6-10(17)14(25-16)21-7-11(18)13(19)20-15(21)23/h4,7,9-10,14H,1,5-6,8H2,2-3H3,(H2,19,20,23). The fraction of sp³-hybridized carbons (Fsp3) is 0.562. The van der Waals surface area contributed by atoms with Crippen LogP contribution in [0.15, 0.2) is 23.6 Å². The maximum absolute atomic E-state index is 14.4. The summed E-state index contributed by atoms with van der Waals surface area (Å²) in [7, 11) is 0. The van der Waals surface area contributed by atoms with Crippen molar-refractivity contribution in [3.63, 3.8) is 0 Å². The van der Waals surface area contributed by atoms with Crippen LogP contribution in [0.2, 0.25) is 0 Å². The summed E-state index contributed by atoms with van der Waals surface area (Å²) in [6.07, 6.45) is -1.00. The highest BCUT2D eigenvalue weighted by Gasteiger charge is 2.47. The van der Waals surface area contributed by atoms with Gasteiger partial charge in [-0.1, -0.05) is 19.9 Å². The number of carbonyl (C=O) groups is 1. The zero-order valence-corrected chi connectivity index (χ0v) is 14.1. The molecule has 1 aliphatic rings. The van der Waals surface area contributed by atoms with Crippen molar-refractivity contribution in [1.82, 2.24) is 9.55 Å². The molecule has 0 radical (unpaired) electrons. The Kier molecular flexibility index (Phi) is 5.56. The van der Waals surface area contributed by atoms with E-state index in [9.17, 15) is 18.4 Å². The topological polar surface area (TPSA) is 96.4 Å². The Balaban J connectivity index is 2.17. The summed E-state index contributed by atoms with van der Waals surface area (Å²) in [5.74, 6) is -1.88. The van der Waals surface area contributed by atoms with Gasteiger partial charge in [-0.2, -0.15) is 4.98 Å². The summed E-state index contributed by atoms with van der Waals surface area (Å²) in [4.78, 5) is 26.8. The highest BCUT2D eigenvalue weighted by molar-refractivity contribution is 5.69. The number of aromatic nitrogens is 2. The lowest BCUT2D eigenvalue weighted by Gasteiger charge is -2.25. The van der Waals surface area contributed by atoms with E-state index >= 15 is 0 Å². The van der Waals surface area contributed by atoms with Crippen LogP contribution in [0.25, 0.3) is 0 Å². The summed E-state index contributed by atoms with van der Waals surface area (Å²) >= 11 is 0. The Bertz CT molecular complexity index is 722. The van der Waals surface area contributed by atoms with Gasteiger partial charge in [0.15, 0.2) is 17.9 Å². The molecule has 0 aromatic carbocycles. The molecule has 1 aromatic heterocycles. The van der Waals surface area contributed by atoms with Crippen LogP contribution in [0.3, 0.4) is 0 Å². The Morgan fingerprint density at radius 3 is 2.96 bits per heavy atom. The Morgan fingerprint density at radius 2 is 2.36 bits per heavy atom. The minimum Gasteiger partial charge on any atom is -0.462 e. The van der Waals surface area contributed by atoms with Crippen LogP contribution in [0.4, 0.5) is 14.6 Å². The molecule has 1 aromatic rings. The minimum absolute atomic E-state index is 0.112. The normalized spacial score (nSPS) is 26.0. The van der Waals surface area contributed by atoms with E-state index in [2.05, 4.69) is 11.6 Å². The lowest BCUT2D eigenvalue weighted by atomic mass is 10.0. The van der Waals surface area contributed by atoms with E-state index in [1.54, 1.807) is 0 Å². The summed E-state index contributed by atoms with van der Waals surface area (Å²) in [5.41, 5.74) is 2.96. The fourth-order valence-electron chi connectivity index (χ4n) is 2.54. The van der Waals surface area contributed by atoms with Gasteiger partial charge in [-0.3, -0.25) is 9.36 Å². The second kappa shape index (κ2) is 7.30. The first kappa shape index (κ1) is 19.0. The van der Waals surface area contributed by atoms with Gasteiger partial charge in [0.25, 0.3) is 0 Å². The number of anilines is 1. The molecule has 2 heterocycles. The number of halogens is 2. The van der Waals surface area contributed by atoms with Crippen LogP contribution in [0.5, 0.6) is 0 Å². The Morgan fingerprint density at radius 1 is 1.68 bits per heavy atom. The number of esters is 1. The third-order valence-electron chi connectivity index (χ3n) is 3.84. The SMILES string of the molecule is C=CC1(COC(=O)CC(C)C)CC(F)C(n2cc(F)c(N)nc2=O)O1. The maximum atomic E-state index is 14.4. The number of nitrogens with two attached hydrogens (primary N) is 1. The van der Waals surface area contributed by atoms with Gasteiger partial charge in [-0.05, 0) is 5.92 Å². The predicted molar refractivity (Wildman–Crippen MR) is 85.8 cm³/mol. The largest absolute Gasteiger partial charge is 0.462 e. The molecule has 7 nitrogen and oxygen atoms in total. The number of nitrogen functional groups attached to an aromatic ring is 1. The molecule has 2 N–H and O–H groups in total. The van der Waals surface area contributed by atoms with Gasteiger partial charge in [0, 0.05) is 12.8 Å². The number of hydrogen-bond acceptors (Lipinski definition) is 6. The van der Waals surface area contributed by atoms with Gasteiger partial charge in [0.1, 0.15) is 18.4 Å². The second-order valence-corrected chi connectivity index (χ2v) is 6.42. The number of rotatable bonds is 6. The van der Waals surface area contributed by atoms with E-state index in [-0.39, 0.29) is 25.4 Å². The molecule has 1 fully saturated rings. The number of hydrogen-bond donors (Lipinski definition) is 1. The van der Waals surface area contributed by atoms with Crippen molar-refractivity contribution >= 4 is 11.8 Å². The summed E-state index contributed by atoms with van der Waals surface area (Å²) in [5, 5.41) is 0. The number of alkyl halides is 1. The van der Waals surface area contributed by atoms with Gasteiger partial charge >= 0.3 is 11.7 Å². The van der Waals surface area contributed by atoms with Gasteiger partial charge in [0.05, 0.1) is 6.20 Å². The van der Waals surface area contributed by atoms with E-state index < -0.39 is 41.3 Å². The quantitative estimate of drug-likeness (QED) is 0.615. The van der Waals surface area contributed by atoms with Crippen LogP contribution in [0, 0.1) is 11.7 Å². The molecule has 2 rings (SSSR count). The van der Waals surface area contributed by atoms with Crippen molar-refractivity contribution in [2.45, 2.75) is 44.7 Å². The fourth-order valence-corrected chi connectivity index (χ4v) is 2.54. The number of carbonyl (C=O) groups excluding carboxylic acids is 1. The first-order valence-electron chi connectivity index (χ1n) is 7.82. The minimum atomic E-state index is -1.65. The molecule has 138 valence electrons. The highest BCUT2D eigenvalue weighted by Crippen LogP contribution is 2.39.